The standard InChI is InChI=1S/C18H18N4O3/c1-2-24-17(23)13-5-7-14(8-6-13)21-18-19-10-9-16(22-18)20-12-15-4-3-11-25-15/h3-11H,2,12H2,1H3,(H2,19,20,21,22). The summed E-state index contributed by atoms with van der Waals surface area (Å²) < 4.78 is 10.2. The van der Waals surface area contributed by atoms with Crippen molar-refractivity contribution < 1.29 is 13.9 Å². The molecule has 0 spiro atoms. The lowest BCUT2D eigenvalue weighted by Gasteiger charge is -2.08. The van der Waals surface area contributed by atoms with Crippen molar-refractivity contribution in [2.75, 3.05) is 17.2 Å². The number of hydrogen-bond donors (Lipinski definition) is 2. The molecule has 0 saturated carbocycles. The van der Waals surface area contributed by atoms with Crippen LogP contribution >= 0.6 is 0 Å². The van der Waals surface area contributed by atoms with Crippen LogP contribution in [-0.4, -0.2) is 22.5 Å². The summed E-state index contributed by atoms with van der Waals surface area (Å²) in [5.74, 6) is 1.61. The van der Waals surface area contributed by atoms with Gasteiger partial charge >= 0.3 is 5.97 Å². The fraction of sp³-hybridized carbons (Fsp3) is 0.167. The topological polar surface area (TPSA) is 89.3 Å². The summed E-state index contributed by atoms with van der Waals surface area (Å²) in [5, 5.41) is 6.26. The molecule has 1 aromatic carbocycles. The van der Waals surface area contributed by atoms with Crippen molar-refractivity contribution in [3.63, 3.8) is 0 Å². The predicted octanol–water partition coefficient (Wildman–Crippen LogP) is 3.60. The Balaban J connectivity index is 1.62. The van der Waals surface area contributed by atoms with E-state index in [1.54, 1.807) is 49.7 Å². The Morgan fingerprint density at radius 1 is 1.20 bits per heavy atom. The Labute approximate surface area is 145 Å². The van der Waals surface area contributed by atoms with Gasteiger partial charge in [-0.3, -0.25) is 0 Å². The third-order valence-electron chi connectivity index (χ3n) is 3.33. The molecule has 128 valence electrons. The van der Waals surface area contributed by atoms with E-state index in [0.717, 1.165) is 11.4 Å². The second-order valence-corrected chi connectivity index (χ2v) is 5.12. The highest BCUT2D eigenvalue weighted by Gasteiger charge is 2.06. The SMILES string of the molecule is CCOC(=O)c1ccc(Nc2nccc(NCc3ccco3)n2)cc1. The number of aromatic nitrogens is 2. The van der Waals surface area contributed by atoms with Crippen molar-refractivity contribution in [1.82, 2.24) is 9.97 Å². The second-order valence-electron chi connectivity index (χ2n) is 5.12. The van der Waals surface area contributed by atoms with E-state index >= 15 is 0 Å². The van der Waals surface area contributed by atoms with Crippen molar-refractivity contribution in [1.29, 1.82) is 0 Å². The maximum atomic E-state index is 11.6. The third-order valence-corrected chi connectivity index (χ3v) is 3.33. The van der Waals surface area contributed by atoms with Gasteiger partial charge in [0.25, 0.3) is 0 Å². The van der Waals surface area contributed by atoms with Gasteiger partial charge in [0, 0.05) is 11.9 Å². The number of ether oxygens (including phenoxy) is 1. The molecule has 0 unspecified atom stereocenters. The number of carbonyl (C=O) groups is 1. The molecule has 0 aliphatic heterocycles. The molecule has 2 heterocycles. The summed E-state index contributed by atoms with van der Waals surface area (Å²) in [6.45, 7) is 2.67. The van der Waals surface area contributed by atoms with Crippen molar-refractivity contribution in [3.8, 4) is 0 Å². The molecule has 0 aliphatic rings. The van der Waals surface area contributed by atoms with Crippen LogP contribution in [0.1, 0.15) is 23.0 Å². The second kappa shape index (κ2) is 7.96. The van der Waals surface area contributed by atoms with E-state index in [1.807, 2.05) is 12.1 Å². The lowest BCUT2D eigenvalue weighted by molar-refractivity contribution is 0.0526. The molecular weight excluding hydrogens is 320 g/mol. The van der Waals surface area contributed by atoms with Gasteiger partial charge in [0.1, 0.15) is 11.6 Å². The van der Waals surface area contributed by atoms with Gasteiger partial charge in [0.2, 0.25) is 5.95 Å². The van der Waals surface area contributed by atoms with Crippen LogP contribution in [0.5, 0.6) is 0 Å². The number of benzene rings is 1. The van der Waals surface area contributed by atoms with Crippen molar-refractivity contribution in [2.24, 2.45) is 0 Å². The number of nitrogens with one attached hydrogen (secondary N) is 2. The van der Waals surface area contributed by atoms with Crippen LogP contribution in [0.15, 0.2) is 59.3 Å². The van der Waals surface area contributed by atoms with Crippen molar-refractivity contribution >= 4 is 23.4 Å². The normalized spacial score (nSPS) is 10.3. The van der Waals surface area contributed by atoms with Gasteiger partial charge in [0.15, 0.2) is 0 Å². The van der Waals surface area contributed by atoms with Crippen LogP contribution in [0.4, 0.5) is 17.5 Å². The molecule has 25 heavy (non-hydrogen) atoms. The Morgan fingerprint density at radius 2 is 2.04 bits per heavy atom. The van der Waals surface area contributed by atoms with Gasteiger partial charge in [-0.25, -0.2) is 9.78 Å². The van der Waals surface area contributed by atoms with E-state index in [-0.39, 0.29) is 5.97 Å². The molecule has 0 amide bonds. The van der Waals surface area contributed by atoms with Gasteiger partial charge in [-0.1, -0.05) is 0 Å². The molecule has 0 bridgehead atoms. The zero-order chi connectivity index (χ0) is 17.5. The minimum Gasteiger partial charge on any atom is -0.467 e. The predicted molar refractivity (Wildman–Crippen MR) is 93.7 cm³/mol. The van der Waals surface area contributed by atoms with Crippen LogP contribution in [0.25, 0.3) is 0 Å². The summed E-state index contributed by atoms with van der Waals surface area (Å²) in [6.07, 6.45) is 3.29. The molecule has 7 nitrogen and oxygen atoms in total. The fourth-order valence-corrected chi connectivity index (χ4v) is 2.14. The van der Waals surface area contributed by atoms with E-state index in [4.69, 9.17) is 9.15 Å². The first-order valence-electron chi connectivity index (χ1n) is 7.88. The Hall–Kier alpha value is -3.35. The highest BCUT2D eigenvalue weighted by molar-refractivity contribution is 5.89. The maximum Gasteiger partial charge on any atom is 0.338 e. The lowest BCUT2D eigenvalue weighted by atomic mass is 10.2. The number of hydrogen-bond acceptors (Lipinski definition) is 7. The number of rotatable bonds is 7. The van der Waals surface area contributed by atoms with Gasteiger partial charge in [-0.15, -0.1) is 0 Å². The summed E-state index contributed by atoms with van der Waals surface area (Å²) in [4.78, 5) is 20.2. The molecule has 2 N–H and O–H groups in total. The average Bonchev–Trinajstić information content (AvgIpc) is 3.15. The molecule has 0 fully saturated rings. The lowest BCUT2D eigenvalue weighted by Crippen LogP contribution is -2.05. The maximum absolute atomic E-state index is 11.6. The monoisotopic (exact) mass is 338 g/mol. The van der Waals surface area contributed by atoms with Gasteiger partial charge in [-0.2, -0.15) is 4.98 Å². The average molecular weight is 338 g/mol. The number of nitrogens with zero attached hydrogens (tertiary/aromatic N) is 2. The Morgan fingerprint density at radius 3 is 2.76 bits per heavy atom. The summed E-state index contributed by atoms with van der Waals surface area (Å²) >= 11 is 0. The van der Waals surface area contributed by atoms with E-state index in [1.165, 1.54) is 0 Å². The van der Waals surface area contributed by atoms with Crippen molar-refractivity contribution in [3.05, 3.63) is 66.2 Å². The van der Waals surface area contributed by atoms with Crippen LogP contribution in [0.3, 0.4) is 0 Å². The van der Waals surface area contributed by atoms with E-state index in [9.17, 15) is 4.79 Å². The van der Waals surface area contributed by atoms with E-state index < -0.39 is 0 Å². The summed E-state index contributed by atoms with van der Waals surface area (Å²) in [6, 6.07) is 12.4. The van der Waals surface area contributed by atoms with Gasteiger partial charge in [-0.05, 0) is 49.4 Å². The number of carbonyl (C=O) groups excluding carboxylic acids is 1. The van der Waals surface area contributed by atoms with Gasteiger partial charge in [0.05, 0.1) is 25.0 Å². The molecule has 0 radical (unpaired) electrons. The molecule has 0 atom stereocenters. The van der Waals surface area contributed by atoms with Crippen LogP contribution in [0, 0.1) is 0 Å². The molecule has 0 aliphatic carbocycles. The molecule has 7 heteroatoms. The Kier molecular flexibility index (Phi) is 5.26. The summed E-state index contributed by atoms with van der Waals surface area (Å²) in [7, 11) is 0. The minimum absolute atomic E-state index is 0.338. The highest BCUT2D eigenvalue weighted by Crippen LogP contribution is 2.16. The zero-order valence-electron chi connectivity index (χ0n) is 13.7. The Bertz CT molecular complexity index is 817. The fourth-order valence-electron chi connectivity index (χ4n) is 2.14. The summed E-state index contributed by atoms with van der Waals surface area (Å²) in [5.41, 5.74) is 1.28. The third kappa shape index (κ3) is 4.57. The molecule has 3 aromatic rings. The van der Waals surface area contributed by atoms with E-state index in [0.29, 0.717) is 30.5 Å². The van der Waals surface area contributed by atoms with Crippen molar-refractivity contribution in [2.45, 2.75) is 13.5 Å². The minimum atomic E-state index is -0.338. The first kappa shape index (κ1) is 16.5. The molecule has 3 rings (SSSR count). The zero-order valence-corrected chi connectivity index (χ0v) is 13.7. The first-order valence-corrected chi connectivity index (χ1v) is 7.88. The molecular formula is C18H18N4O3. The number of furan rings is 1. The molecule has 0 saturated heterocycles. The van der Waals surface area contributed by atoms with Crippen LogP contribution in [-0.2, 0) is 11.3 Å². The smallest absolute Gasteiger partial charge is 0.338 e. The van der Waals surface area contributed by atoms with E-state index in [2.05, 4.69) is 20.6 Å². The van der Waals surface area contributed by atoms with Gasteiger partial charge < -0.3 is 19.8 Å². The van der Waals surface area contributed by atoms with Crippen LogP contribution in [0.2, 0.25) is 0 Å². The number of esters is 1. The first-order chi connectivity index (χ1) is 12.2. The number of anilines is 3. The largest absolute Gasteiger partial charge is 0.467 e. The quantitative estimate of drug-likeness (QED) is 0.636. The van der Waals surface area contributed by atoms with Crippen LogP contribution < -0.4 is 10.6 Å². The molecule has 2 aromatic heterocycles. The highest BCUT2D eigenvalue weighted by atomic mass is 16.5.